The molecule has 2 heterocycles. The second kappa shape index (κ2) is 11.0. The Morgan fingerprint density at radius 1 is 0.778 bits per heavy atom. The summed E-state index contributed by atoms with van der Waals surface area (Å²) in [6.45, 7) is 1.92. The third-order valence-electron chi connectivity index (χ3n) is 4.83. The highest BCUT2D eigenvalue weighted by molar-refractivity contribution is 4.90. The van der Waals surface area contributed by atoms with Crippen LogP contribution in [-0.4, -0.2) is 106 Å². The van der Waals surface area contributed by atoms with Gasteiger partial charge in [-0.15, -0.1) is 0 Å². The molecule has 0 unspecified atom stereocenters. The number of rotatable bonds is 9. The minimum atomic E-state index is -1.49. The number of ether oxygens (including phenoxy) is 4. The molecule has 10 heteroatoms. The summed E-state index contributed by atoms with van der Waals surface area (Å²) >= 11 is 0. The van der Waals surface area contributed by atoms with Crippen molar-refractivity contribution >= 4 is 0 Å². The normalized spacial score (nSPS) is 43.0. The molecule has 0 spiro atoms. The summed E-state index contributed by atoms with van der Waals surface area (Å²) in [5.41, 5.74) is 0. The SMILES string of the molecule is CCCCCCO[C@H]1O[C@@H](CO[C@H]2OC[C@@H](O)[C@@H](O)[C@H]2O)[C@@H](O)[C@@H](O)[C@@H]1O. The first kappa shape index (κ1) is 22.9. The smallest absolute Gasteiger partial charge is 0.186 e. The van der Waals surface area contributed by atoms with E-state index in [1.165, 1.54) is 0 Å². The zero-order valence-corrected chi connectivity index (χ0v) is 15.5. The molecule has 0 radical (unpaired) electrons. The molecule has 0 saturated carbocycles. The van der Waals surface area contributed by atoms with Gasteiger partial charge in [-0.2, -0.15) is 0 Å². The molecular formula is C17H32O10. The van der Waals surface area contributed by atoms with Crippen molar-refractivity contribution in [2.45, 2.75) is 87.9 Å². The monoisotopic (exact) mass is 396 g/mol. The van der Waals surface area contributed by atoms with Gasteiger partial charge >= 0.3 is 0 Å². The first-order valence-corrected chi connectivity index (χ1v) is 9.45. The summed E-state index contributed by atoms with van der Waals surface area (Å²) < 4.78 is 21.4. The Morgan fingerprint density at radius 3 is 2.19 bits per heavy atom. The molecule has 2 rings (SSSR count). The fraction of sp³-hybridized carbons (Fsp3) is 1.00. The van der Waals surface area contributed by atoms with Gasteiger partial charge < -0.3 is 49.6 Å². The van der Waals surface area contributed by atoms with Gasteiger partial charge in [-0.05, 0) is 6.42 Å². The molecule has 2 fully saturated rings. The van der Waals surface area contributed by atoms with Crippen LogP contribution < -0.4 is 0 Å². The van der Waals surface area contributed by atoms with Gasteiger partial charge in [0, 0.05) is 6.61 Å². The molecule has 0 amide bonds. The van der Waals surface area contributed by atoms with E-state index in [1.807, 2.05) is 0 Å². The Hall–Kier alpha value is -0.400. The molecular weight excluding hydrogens is 364 g/mol. The summed E-state index contributed by atoms with van der Waals surface area (Å²) in [6, 6.07) is 0. The van der Waals surface area contributed by atoms with E-state index < -0.39 is 55.3 Å². The van der Waals surface area contributed by atoms with Crippen LogP contribution in [0.3, 0.4) is 0 Å². The third-order valence-corrected chi connectivity index (χ3v) is 4.83. The first-order valence-electron chi connectivity index (χ1n) is 9.45. The third kappa shape index (κ3) is 6.04. The highest BCUT2D eigenvalue weighted by atomic mass is 16.7. The molecule has 27 heavy (non-hydrogen) atoms. The number of aliphatic hydroxyl groups excluding tert-OH is 6. The molecule has 0 aromatic rings. The number of aliphatic hydroxyl groups is 6. The number of hydrogen-bond acceptors (Lipinski definition) is 10. The molecule has 0 bridgehead atoms. The Morgan fingerprint density at radius 2 is 1.48 bits per heavy atom. The van der Waals surface area contributed by atoms with Gasteiger partial charge in [-0.1, -0.05) is 26.2 Å². The lowest BCUT2D eigenvalue weighted by Gasteiger charge is -2.41. The van der Waals surface area contributed by atoms with E-state index in [0.717, 1.165) is 25.7 Å². The lowest BCUT2D eigenvalue weighted by molar-refractivity contribution is -0.320. The van der Waals surface area contributed by atoms with E-state index in [4.69, 9.17) is 18.9 Å². The fourth-order valence-corrected chi connectivity index (χ4v) is 3.04. The van der Waals surface area contributed by atoms with Crippen LogP contribution in [0.25, 0.3) is 0 Å². The minimum absolute atomic E-state index is 0.220. The second-order valence-corrected chi connectivity index (χ2v) is 7.03. The van der Waals surface area contributed by atoms with Crippen molar-refractivity contribution in [3.05, 3.63) is 0 Å². The maximum atomic E-state index is 10.1. The van der Waals surface area contributed by atoms with Crippen LogP contribution in [0.5, 0.6) is 0 Å². The average molecular weight is 396 g/mol. The van der Waals surface area contributed by atoms with Crippen LogP contribution in [0.15, 0.2) is 0 Å². The molecule has 2 aliphatic heterocycles. The Labute approximate surface area is 158 Å². The van der Waals surface area contributed by atoms with E-state index in [-0.39, 0.29) is 13.2 Å². The summed E-state index contributed by atoms with van der Waals surface area (Å²) in [7, 11) is 0. The zero-order chi connectivity index (χ0) is 20.0. The van der Waals surface area contributed by atoms with Crippen LogP contribution in [0.1, 0.15) is 32.6 Å². The summed E-state index contributed by atoms with van der Waals surface area (Å²) in [5, 5.41) is 59.1. The standard InChI is InChI=1S/C17H32O10/c1-2-3-4-5-6-24-17-15(23)13(21)12(20)10(27-17)8-26-16-14(22)11(19)9(18)7-25-16/h9-23H,2-8H2,1H3/t9-,10+,11-,12-,13-,14-,15+,16-,17+/m1/s1. The molecule has 0 aromatic heterocycles. The first-order chi connectivity index (χ1) is 12.9. The molecule has 6 N–H and O–H groups in total. The van der Waals surface area contributed by atoms with Crippen LogP contribution in [-0.2, 0) is 18.9 Å². The van der Waals surface area contributed by atoms with E-state index in [0.29, 0.717) is 6.61 Å². The maximum absolute atomic E-state index is 10.1. The average Bonchev–Trinajstić information content (AvgIpc) is 2.66. The molecule has 10 nitrogen and oxygen atoms in total. The van der Waals surface area contributed by atoms with Gasteiger partial charge in [0.1, 0.15) is 42.7 Å². The van der Waals surface area contributed by atoms with Crippen molar-refractivity contribution in [2.24, 2.45) is 0 Å². The number of hydrogen-bond donors (Lipinski definition) is 6. The Bertz CT molecular complexity index is 425. The maximum Gasteiger partial charge on any atom is 0.186 e. The van der Waals surface area contributed by atoms with E-state index in [2.05, 4.69) is 6.92 Å². The Kier molecular flexibility index (Phi) is 9.29. The molecule has 0 aromatic carbocycles. The van der Waals surface area contributed by atoms with Crippen molar-refractivity contribution in [3.8, 4) is 0 Å². The summed E-state index contributed by atoms with van der Waals surface area (Å²) in [4.78, 5) is 0. The minimum Gasteiger partial charge on any atom is -0.388 e. The van der Waals surface area contributed by atoms with E-state index in [9.17, 15) is 30.6 Å². The fourth-order valence-electron chi connectivity index (χ4n) is 3.04. The lowest BCUT2D eigenvalue weighted by Crippen LogP contribution is -2.60. The highest BCUT2D eigenvalue weighted by Crippen LogP contribution is 2.24. The van der Waals surface area contributed by atoms with Gasteiger partial charge in [0.05, 0.1) is 13.2 Å². The summed E-state index contributed by atoms with van der Waals surface area (Å²) in [6.07, 6.45) is -7.94. The van der Waals surface area contributed by atoms with Crippen LogP contribution in [0, 0.1) is 0 Å². The predicted molar refractivity (Wildman–Crippen MR) is 90.5 cm³/mol. The van der Waals surface area contributed by atoms with Gasteiger partial charge in [0.15, 0.2) is 12.6 Å². The van der Waals surface area contributed by atoms with Crippen molar-refractivity contribution in [1.82, 2.24) is 0 Å². The highest BCUT2D eigenvalue weighted by Gasteiger charge is 2.45. The molecule has 2 aliphatic rings. The van der Waals surface area contributed by atoms with E-state index in [1.54, 1.807) is 0 Å². The predicted octanol–water partition coefficient (Wildman–Crippen LogP) is -2.15. The van der Waals surface area contributed by atoms with Crippen molar-refractivity contribution < 1.29 is 49.6 Å². The molecule has 0 aliphatic carbocycles. The lowest BCUT2D eigenvalue weighted by atomic mass is 9.99. The molecule has 9 atom stereocenters. The van der Waals surface area contributed by atoms with Gasteiger partial charge in [-0.25, -0.2) is 0 Å². The van der Waals surface area contributed by atoms with Crippen molar-refractivity contribution in [2.75, 3.05) is 19.8 Å². The van der Waals surface area contributed by atoms with E-state index >= 15 is 0 Å². The summed E-state index contributed by atoms with van der Waals surface area (Å²) in [5.74, 6) is 0. The van der Waals surface area contributed by atoms with Gasteiger partial charge in [-0.3, -0.25) is 0 Å². The second-order valence-electron chi connectivity index (χ2n) is 7.03. The molecule has 2 saturated heterocycles. The van der Waals surface area contributed by atoms with Gasteiger partial charge in [0.2, 0.25) is 0 Å². The van der Waals surface area contributed by atoms with Crippen LogP contribution in [0.2, 0.25) is 0 Å². The van der Waals surface area contributed by atoms with Crippen molar-refractivity contribution in [3.63, 3.8) is 0 Å². The van der Waals surface area contributed by atoms with Crippen LogP contribution >= 0.6 is 0 Å². The van der Waals surface area contributed by atoms with Crippen molar-refractivity contribution in [1.29, 1.82) is 0 Å². The quantitative estimate of drug-likeness (QED) is 0.237. The van der Waals surface area contributed by atoms with Crippen LogP contribution in [0.4, 0.5) is 0 Å². The Balaban J connectivity index is 1.83. The number of unbranched alkanes of at least 4 members (excludes halogenated alkanes) is 3. The molecule has 160 valence electrons. The topological polar surface area (TPSA) is 158 Å². The largest absolute Gasteiger partial charge is 0.388 e. The van der Waals surface area contributed by atoms with Gasteiger partial charge in [0.25, 0.3) is 0 Å². The zero-order valence-electron chi connectivity index (χ0n) is 15.5.